The van der Waals surface area contributed by atoms with E-state index >= 15 is 0 Å². The molecule has 1 fully saturated rings. The molecule has 30 heavy (non-hydrogen) atoms. The predicted molar refractivity (Wildman–Crippen MR) is 114 cm³/mol. The van der Waals surface area contributed by atoms with Gasteiger partial charge in [0.05, 0.1) is 17.0 Å². The number of carbonyl (C=O) groups excluding carboxylic acids is 2. The van der Waals surface area contributed by atoms with Gasteiger partial charge in [-0.3, -0.25) is 14.5 Å². The maximum atomic E-state index is 12.7. The molecule has 4 rings (SSSR count). The van der Waals surface area contributed by atoms with Gasteiger partial charge in [0.1, 0.15) is 11.5 Å². The minimum atomic E-state index is -1.06. The van der Waals surface area contributed by atoms with Gasteiger partial charge in [0.2, 0.25) is 0 Å². The highest BCUT2D eigenvalue weighted by atomic mass is 35.5. The van der Waals surface area contributed by atoms with Crippen LogP contribution in [0.3, 0.4) is 0 Å². The number of carboxylic acid groups (broad SMARTS) is 1. The van der Waals surface area contributed by atoms with Crippen LogP contribution in [0.1, 0.15) is 21.7 Å². The van der Waals surface area contributed by atoms with E-state index in [-0.39, 0.29) is 22.3 Å². The fourth-order valence-electron chi connectivity index (χ4n) is 3.04. The molecule has 3 aromatic rings. The summed E-state index contributed by atoms with van der Waals surface area (Å²) in [6.45, 7) is 0.123. The van der Waals surface area contributed by atoms with Crippen molar-refractivity contribution in [3.8, 4) is 11.3 Å². The maximum Gasteiger partial charge on any atom is 0.336 e. The van der Waals surface area contributed by atoms with E-state index in [0.29, 0.717) is 22.1 Å². The van der Waals surface area contributed by atoms with Gasteiger partial charge >= 0.3 is 5.97 Å². The summed E-state index contributed by atoms with van der Waals surface area (Å²) in [5, 5.41) is 9.49. The number of aromatic carboxylic acids is 1. The lowest BCUT2D eigenvalue weighted by Crippen LogP contribution is -2.27. The van der Waals surface area contributed by atoms with E-state index in [0.717, 1.165) is 22.2 Å². The number of hydrogen-bond donors (Lipinski definition) is 1. The molecule has 0 bridgehead atoms. The van der Waals surface area contributed by atoms with Gasteiger partial charge in [0, 0.05) is 16.7 Å². The van der Waals surface area contributed by atoms with Gasteiger partial charge in [0.25, 0.3) is 11.1 Å². The Labute approximate surface area is 180 Å². The Morgan fingerprint density at radius 2 is 1.90 bits per heavy atom. The number of carbonyl (C=O) groups is 3. The van der Waals surface area contributed by atoms with Crippen LogP contribution in [0.2, 0.25) is 5.02 Å². The van der Waals surface area contributed by atoms with Gasteiger partial charge in [-0.2, -0.15) is 0 Å². The summed E-state index contributed by atoms with van der Waals surface area (Å²) in [4.78, 5) is 37.8. The van der Waals surface area contributed by atoms with Crippen LogP contribution in [0, 0.1) is 0 Å². The highest BCUT2D eigenvalue weighted by Gasteiger charge is 2.35. The molecule has 1 N–H and O–H groups in total. The number of hydrogen-bond acceptors (Lipinski definition) is 5. The standard InChI is InChI=1S/C22H14ClNO5S/c23-14-5-3-4-13(10-14)12-24-20(25)19(30-22(24)28)11-15-8-9-18(29-15)16-6-1-2-7-17(16)21(26)27/h1-11H,12H2,(H,26,27)/b19-11-. The molecule has 1 aliphatic heterocycles. The van der Waals surface area contributed by atoms with Crippen molar-refractivity contribution >= 4 is 46.6 Å². The van der Waals surface area contributed by atoms with Crippen molar-refractivity contribution in [2.45, 2.75) is 6.54 Å². The molecule has 0 atom stereocenters. The molecule has 2 heterocycles. The Kier molecular flexibility index (Phi) is 5.48. The second kappa shape index (κ2) is 8.22. The Balaban J connectivity index is 1.57. The van der Waals surface area contributed by atoms with Crippen molar-refractivity contribution in [3.05, 3.63) is 87.5 Å². The SMILES string of the molecule is O=C(O)c1ccccc1-c1ccc(/C=C2\SC(=O)N(Cc3cccc(Cl)c3)C2=O)o1. The molecule has 1 saturated heterocycles. The fraction of sp³-hybridized carbons (Fsp3) is 0.0455. The molecule has 0 radical (unpaired) electrons. The van der Waals surface area contributed by atoms with E-state index in [1.807, 2.05) is 0 Å². The van der Waals surface area contributed by atoms with Crippen LogP contribution in [0.5, 0.6) is 0 Å². The van der Waals surface area contributed by atoms with E-state index < -0.39 is 11.9 Å². The van der Waals surface area contributed by atoms with Crippen LogP contribution in [-0.4, -0.2) is 27.1 Å². The van der Waals surface area contributed by atoms with Crippen LogP contribution in [0.15, 0.2) is 70.0 Å². The predicted octanol–water partition coefficient (Wildman–Crippen LogP) is 5.53. The first-order valence-corrected chi connectivity index (χ1v) is 10.0. The van der Waals surface area contributed by atoms with Crippen molar-refractivity contribution in [2.75, 3.05) is 0 Å². The third kappa shape index (κ3) is 4.03. The summed E-state index contributed by atoms with van der Waals surface area (Å²) in [6, 6.07) is 16.7. The largest absolute Gasteiger partial charge is 0.478 e. The van der Waals surface area contributed by atoms with Crippen molar-refractivity contribution in [2.24, 2.45) is 0 Å². The molecule has 1 aromatic heterocycles. The zero-order valence-electron chi connectivity index (χ0n) is 15.4. The minimum Gasteiger partial charge on any atom is -0.478 e. The third-order valence-corrected chi connectivity index (χ3v) is 5.57. The molecule has 2 aromatic carbocycles. The molecule has 8 heteroatoms. The Morgan fingerprint density at radius 1 is 1.10 bits per heavy atom. The van der Waals surface area contributed by atoms with Crippen LogP contribution < -0.4 is 0 Å². The lowest BCUT2D eigenvalue weighted by atomic mass is 10.1. The fourth-order valence-corrected chi connectivity index (χ4v) is 4.07. The monoisotopic (exact) mass is 439 g/mol. The number of imide groups is 1. The van der Waals surface area contributed by atoms with Gasteiger partial charge in [0.15, 0.2) is 0 Å². The highest BCUT2D eigenvalue weighted by Crippen LogP contribution is 2.34. The van der Waals surface area contributed by atoms with Crippen molar-refractivity contribution in [1.29, 1.82) is 0 Å². The lowest BCUT2D eigenvalue weighted by Gasteiger charge is -2.12. The van der Waals surface area contributed by atoms with E-state index in [1.54, 1.807) is 54.6 Å². The van der Waals surface area contributed by atoms with E-state index in [4.69, 9.17) is 16.0 Å². The molecule has 1 aliphatic rings. The Hall–Kier alpha value is -3.29. The second-order valence-corrected chi connectivity index (χ2v) is 7.88. The van der Waals surface area contributed by atoms with E-state index in [2.05, 4.69) is 0 Å². The summed E-state index contributed by atoms with van der Waals surface area (Å²) >= 11 is 6.79. The van der Waals surface area contributed by atoms with Gasteiger partial charge in [-0.15, -0.1) is 0 Å². The van der Waals surface area contributed by atoms with Crippen LogP contribution in [0.4, 0.5) is 4.79 Å². The molecule has 0 aliphatic carbocycles. The quantitative estimate of drug-likeness (QED) is 0.525. The van der Waals surface area contributed by atoms with Crippen molar-refractivity contribution in [1.82, 2.24) is 4.90 Å². The van der Waals surface area contributed by atoms with Crippen molar-refractivity contribution < 1.29 is 23.9 Å². The summed E-state index contributed by atoms with van der Waals surface area (Å²) < 4.78 is 5.72. The second-order valence-electron chi connectivity index (χ2n) is 6.45. The van der Waals surface area contributed by atoms with Crippen LogP contribution in [-0.2, 0) is 11.3 Å². The zero-order chi connectivity index (χ0) is 21.3. The maximum absolute atomic E-state index is 12.7. The number of amides is 2. The molecule has 6 nitrogen and oxygen atoms in total. The first-order valence-electron chi connectivity index (χ1n) is 8.85. The number of nitrogens with zero attached hydrogens (tertiary/aromatic N) is 1. The molecular weight excluding hydrogens is 426 g/mol. The van der Waals surface area contributed by atoms with Gasteiger partial charge < -0.3 is 9.52 Å². The average Bonchev–Trinajstić information content (AvgIpc) is 3.28. The van der Waals surface area contributed by atoms with E-state index in [9.17, 15) is 19.5 Å². The number of furan rings is 1. The number of rotatable bonds is 5. The highest BCUT2D eigenvalue weighted by molar-refractivity contribution is 8.18. The minimum absolute atomic E-state index is 0.111. The van der Waals surface area contributed by atoms with Crippen LogP contribution in [0.25, 0.3) is 17.4 Å². The van der Waals surface area contributed by atoms with Crippen molar-refractivity contribution in [3.63, 3.8) is 0 Å². The molecule has 2 amide bonds. The molecule has 0 saturated carbocycles. The summed E-state index contributed by atoms with van der Waals surface area (Å²) in [7, 11) is 0. The molecule has 0 unspecified atom stereocenters. The topological polar surface area (TPSA) is 87.8 Å². The molecular formula is C22H14ClNO5S. The summed E-state index contributed by atoms with van der Waals surface area (Å²) in [6.07, 6.45) is 1.48. The summed E-state index contributed by atoms with van der Waals surface area (Å²) in [5.41, 5.74) is 1.29. The molecule has 0 spiro atoms. The number of benzene rings is 2. The van der Waals surface area contributed by atoms with Crippen LogP contribution >= 0.6 is 23.4 Å². The smallest absolute Gasteiger partial charge is 0.336 e. The average molecular weight is 440 g/mol. The first-order chi connectivity index (χ1) is 14.4. The number of thioether (sulfide) groups is 1. The normalized spacial score (nSPS) is 15.2. The van der Waals surface area contributed by atoms with Gasteiger partial charge in [-0.25, -0.2) is 4.79 Å². The first kappa shape index (κ1) is 20.0. The third-order valence-electron chi connectivity index (χ3n) is 4.43. The molecule has 150 valence electrons. The van der Waals surface area contributed by atoms with Gasteiger partial charge in [-0.05, 0) is 47.7 Å². The Morgan fingerprint density at radius 3 is 2.67 bits per heavy atom. The Bertz CT molecular complexity index is 1200. The number of carboxylic acids is 1. The number of halogens is 1. The van der Waals surface area contributed by atoms with Gasteiger partial charge in [-0.1, -0.05) is 41.9 Å². The van der Waals surface area contributed by atoms with E-state index in [1.165, 1.54) is 12.1 Å². The summed E-state index contributed by atoms with van der Waals surface area (Å²) in [5.74, 6) is -0.782. The zero-order valence-corrected chi connectivity index (χ0v) is 16.9. The lowest BCUT2D eigenvalue weighted by molar-refractivity contribution is -0.123.